The number of phenols is 2. The molecule has 0 saturated heterocycles. The quantitative estimate of drug-likeness (QED) is 0.0923. The lowest BCUT2D eigenvalue weighted by Crippen LogP contribution is -2.53. The minimum atomic E-state index is -1.45. The molecule has 2 unspecified atom stereocenters. The highest BCUT2D eigenvalue weighted by atomic mass is 16.5. The normalized spacial score (nSPS) is 31.8. The Morgan fingerprint density at radius 3 is 2.29 bits per heavy atom. The van der Waals surface area contributed by atoms with Crippen LogP contribution in [-0.4, -0.2) is 61.1 Å². The highest BCUT2D eigenvalue weighted by Gasteiger charge is 2.57. The number of rotatable bonds is 10. The third-order valence-electron chi connectivity index (χ3n) is 13.3. The number of carboxylic acid groups (broad SMARTS) is 1. The van der Waals surface area contributed by atoms with Crippen LogP contribution in [0.1, 0.15) is 128 Å². The van der Waals surface area contributed by atoms with E-state index in [4.69, 9.17) is 4.74 Å². The van der Waals surface area contributed by atoms with Gasteiger partial charge >= 0.3 is 5.97 Å². The first-order valence-corrected chi connectivity index (χ1v) is 18.8. The average molecular weight is 721 g/mol. The molecule has 10 nitrogen and oxygen atoms in total. The number of aromatic hydroxyl groups is 2. The molecule has 5 rings (SSSR count). The monoisotopic (exact) mass is 720 g/mol. The van der Waals surface area contributed by atoms with Gasteiger partial charge in [-0.25, -0.2) is 0 Å². The topological polar surface area (TPSA) is 179 Å². The summed E-state index contributed by atoms with van der Waals surface area (Å²) in [5, 5.41) is 55.5. The number of aliphatic hydroxyl groups is 2. The Bertz CT molecular complexity index is 1760. The summed E-state index contributed by atoms with van der Waals surface area (Å²) in [5.41, 5.74) is -0.591. The number of hydrogen-bond donors (Lipinski definition) is 5. The number of carbonyl (C=O) groups is 4. The lowest BCUT2D eigenvalue weighted by Gasteiger charge is -2.57. The Kier molecular flexibility index (Phi) is 10.7. The first-order chi connectivity index (χ1) is 24.2. The number of aliphatic hydroxyl groups excluding tert-OH is 2. The van der Waals surface area contributed by atoms with Crippen LogP contribution in [0, 0.1) is 34.0 Å². The highest BCUT2D eigenvalue weighted by Crippen LogP contribution is 2.62. The molecule has 0 radical (unpaired) electrons. The molecule has 0 spiro atoms. The second-order valence-electron chi connectivity index (χ2n) is 16.9. The molecule has 1 aromatic carbocycles. The molecule has 2 saturated carbocycles. The van der Waals surface area contributed by atoms with Crippen LogP contribution < -0.4 is 4.74 Å². The second-order valence-corrected chi connectivity index (χ2v) is 16.9. The number of phenolic OH excluding ortho intramolecular Hbond substituents is 2. The Hall–Kier alpha value is -3.92. The lowest BCUT2D eigenvalue weighted by atomic mass is 9.46. The smallest absolute Gasteiger partial charge is 0.309 e. The van der Waals surface area contributed by atoms with E-state index in [-0.39, 0.29) is 52.7 Å². The minimum Gasteiger partial charge on any atom is -0.511 e. The summed E-state index contributed by atoms with van der Waals surface area (Å²) >= 11 is 0. The summed E-state index contributed by atoms with van der Waals surface area (Å²) in [7, 11) is 0. The standard InChI is InChI=1S/C42H56O10/c1-9-11-28(44)32-34(46)25(20-26-35(47)31(23(4)43)38(49)40(5,6)37(26)48)33(45)24-14-16-29(52-36(24)32)22(3)12-15-27-21(2)13-17-30-41(27,7)18-10-19-42(30,8)39(50)51/h12,26-27,29-30,37,45-46,48-49H,2,9-11,13-20H2,1,3-8H3,(H,50,51)/b22-12+/t26?,27-,29-,30+,37?,41+,42+/m1/s1. The van der Waals surface area contributed by atoms with Gasteiger partial charge in [-0.2, -0.15) is 0 Å². The molecule has 1 heterocycles. The van der Waals surface area contributed by atoms with E-state index in [0.29, 0.717) is 37.7 Å². The van der Waals surface area contributed by atoms with Crippen molar-refractivity contribution in [3.05, 3.63) is 51.8 Å². The number of aliphatic carboxylic acids is 1. The molecule has 2 fully saturated rings. The zero-order valence-corrected chi connectivity index (χ0v) is 31.7. The number of carbonyl (C=O) groups excluding carboxylic acids is 3. The predicted molar refractivity (Wildman–Crippen MR) is 196 cm³/mol. The van der Waals surface area contributed by atoms with Gasteiger partial charge < -0.3 is 30.3 Å². The first-order valence-electron chi connectivity index (χ1n) is 18.8. The molecule has 7 atom stereocenters. The molecule has 3 aliphatic carbocycles. The van der Waals surface area contributed by atoms with Crippen molar-refractivity contribution in [2.24, 2.45) is 34.0 Å². The Labute approximate surface area is 306 Å². The van der Waals surface area contributed by atoms with Crippen LogP contribution in [0.15, 0.2) is 35.1 Å². The van der Waals surface area contributed by atoms with Crippen molar-refractivity contribution in [3.8, 4) is 17.2 Å². The molecule has 0 aromatic heterocycles. The first kappa shape index (κ1) is 39.3. The van der Waals surface area contributed by atoms with E-state index in [2.05, 4.69) is 19.6 Å². The van der Waals surface area contributed by atoms with E-state index in [9.17, 15) is 44.7 Å². The van der Waals surface area contributed by atoms with Crippen LogP contribution >= 0.6 is 0 Å². The maximum absolute atomic E-state index is 13.6. The largest absolute Gasteiger partial charge is 0.511 e. The van der Waals surface area contributed by atoms with Crippen LogP contribution in [0.4, 0.5) is 0 Å². The van der Waals surface area contributed by atoms with Crippen LogP contribution in [-0.2, 0) is 27.2 Å². The Morgan fingerprint density at radius 2 is 1.67 bits per heavy atom. The maximum atomic E-state index is 13.6. The third kappa shape index (κ3) is 6.28. The summed E-state index contributed by atoms with van der Waals surface area (Å²) in [4.78, 5) is 52.0. The number of fused-ring (bicyclic) bond motifs is 2. The fraction of sp³-hybridized carbons (Fsp3) is 0.619. The molecular weight excluding hydrogens is 664 g/mol. The fourth-order valence-electron chi connectivity index (χ4n) is 10.0. The SMILES string of the molecule is C=C1CC[C@H]2[C@@](C)(CCC[C@]2(C)C(=O)O)[C@@H]1C/C=C(\C)[C@H]1CCc2c(O)c(CC3C(=O)C(C(C)=O)=C(O)C(C)(C)C3O)c(O)c(C(=O)CCC)c2O1. The van der Waals surface area contributed by atoms with Gasteiger partial charge in [0.05, 0.1) is 23.0 Å². The molecule has 10 heteroatoms. The molecule has 1 aromatic rings. The predicted octanol–water partition coefficient (Wildman–Crippen LogP) is 7.50. The molecule has 52 heavy (non-hydrogen) atoms. The van der Waals surface area contributed by atoms with Crippen molar-refractivity contribution >= 4 is 23.3 Å². The molecule has 0 bridgehead atoms. The molecule has 284 valence electrons. The van der Waals surface area contributed by atoms with Crippen LogP contribution in [0.25, 0.3) is 0 Å². The number of allylic oxidation sites excluding steroid dienone is 3. The molecular formula is C42H56O10. The van der Waals surface area contributed by atoms with Crippen LogP contribution in [0.5, 0.6) is 17.2 Å². The summed E-state index contributed by atoms with van der Waals surface area (Å²) < 4.78 is 6.49. The van der Waals surface area contributed by atoms with Gasteiger partial charge in [0.2, 0.25) is 0 Å². The summed E-state index contributed by atoms with van der Waals surface area (Å²) in [5.74, 6) is -5.03. The number of ether oxygens (including phenoxy) is 1. The van der Waals surface area contributed by atoms with Crippen molar-refractivity contribution in [3.63, 3.8) is 0 Å². The van der Waals surface area contributed by atoms with Crippen LogP contribution in [0.2, 0.25) is 0 Å². The maximum Gasteiger partial charge on any atom is 0.309 e. The van der Waals surface area contributed by atoms with Crippen molar-refractivity contribution in [1.82, 2.24) is 0 Å². The number of carboxylic acids is 1. The van der Waals surface area contributed by atoms with Crippen molar-refractivity contribution in [1.29, 1.82) is 0 Å². The average Bonchev–Trinajstić information content (AvgIpc) is 3.06. The number of benzene rings is 1. The van der Waals surface area contributed by atoms with Gasteiger partial charge in [0.25, 0.3) is 0 Å². The van der Waals surface area contributed by atoms with Gasteiger partial charge in [0.15, 0.2) is 17.3 Å². The second kappa shape index (κ2) is 14.1. The van der Waals surface area contributed by atoms with E-state index in [1.54, 1.807) is 0 Å². The third-order valence-corrected chi connectivity index (χ3v) is 13.3. The fourth-order valence-corrected chi connectivity index (χ4v) is 10.0. The minimum absolute atomic E-state index is 0.0346. The van der Waals surface area contributed by atoms with Gasteiger partial charge in [-0.15, -0.1) is 0 Å². The Morgan fingerprint density at radius 1 is 1.00 bits per heavy atom. The van der Waals surface area contributed by atoms with E-state index < -0.39 is 69.4 Å². The van der Waals surface area contributed by atoms with Gasteiger partial charge in [-0.05, 0) is 101 Å². The van der Waals surface area contributed by atoms with Crippen molar-refractivity contribution in [2.75, 3.05) is 0 Å². The van der Waals surface area contributed by atoms with Gasteiger partial charge in [0.1, 0.15) is 34.7 Å². The Balaban J connectivity index is 1.47. The summed E-state index contributed by atoms with van der Waals surface area (Å²) in [6, 6.07) is 0. The molecule has 4 aliphatic rings. The highest BCUT2D eigenvalue weighted by molar-refractivity contribution is 6.21. The molecule has 1 aliphatic heterocycles. The van der Waals surface area contributed by atoms with Crippen molar-refractivity contribution in [2.45, 2.75) is 131 Å². The van der Waals surface area contributed by atoms with Crippen LogP contribution in [0.3, 0.4) is 0 Å². The van der Waals surface area contributed by atoms with E-state index >= 15 is 0 Å². The zero-order valence-electron chi connectivity index (χ0n) is 31.7. The van der Waals surface area contributed by atoms with Gasteiger partial charge in [0, 0.05) is 23.0 Å². The molecule has 5 N–H and O–H groups in total. The molecule has 0 amide bonds. The van der Waals surface area contributed by atoms with Gasteiger partial charge in [-0.1, -0.05) is 52.3 Å². The van der Waals surface area contributed by atoms with E-state index in [1.165, 1.54) is 13.8 Å². The summed E-state index contributed by atoms with van der Waals surface area (Å²) in [6.45, 7) is 16.5. The number of hydrogen-bond acceptors (Lipinski definition) is 9. The summed E-state index contributed by atoms with van der Waals surface area (Å²) in [6.07, 6.45) is 5.88. The van der Waals surface area contributed by atoms with E-state index in [0.717, 1.165) is 43.8 Å². The number of Topliss-reactive ketones (excluding diaryl/α,β-unsaturated/α-hetero) is 3. The van der Waals surface area contributed by atoms with E-state index in [1.807, 2.05) is 20.8 Å². The van der Waals surface area contributed by atoms with Gasteiger partial charge in [-0.3, -0.25) is 19.2 Å². The number of ketones is 3. The van der Waals surface area contributed by atoms with Crippen molar-refractivity contribution < 1.29 is 49.4 Å². The zero-order chi connectivity index (χ0) is 38.7. The lowest BCUT2D eigenvalue weighted by molar-refractivity contribution is -0.164.